The molecule has 1 aliphatic heterocycles. The van der Waals surface area contributed by atoms with Crippen LogP contribution in [0.1, 0.15) is 25.3 Å². The highest BCUT2D eigenvalue weighted by atomic mass is 19.4. The zero-order valence-corrected chi connectivity index (χ0v) is 13.9. The van der Waals surface area contributed by atoms with Gasteiger partial charge in [0, 0.05) is 25.7 Å². The fourth-order valence-electron chi connectivity index (χ4n) is 2.75. The van der Waals surface area contributed by atoms with Crippen LogP contribution < -0.4 is 5.32 Å². The normalized spacial score (nSPS) is 15.7. The van der Waals surface area contributed by atoms with Crippen molar-refractivity contribution in [3.8, 4) is 0 Å². The minimum absolute atomic E-state index is 0.162. The number of anilines is 1. The molecule has 138 valence electrons. The van der Waals surface area contributed by atoms with Gasteiger partial charge < -0.3 is 15.0 Å². The van der Waals surface area contributed by atoms with E-state index < -0.39 is 17.6 Å². The second kappa shape index (κ2) is 8.33. The molecule has 2 amide bonds. The van der Waals surface area contributed by atoms with Crippen LogP contribution in [0.4, 0.5) is 18.9 Å². The van der Waals surface area contributed by atoms with E-state index in [1.54, 1.807) is 6.92 Å². The minimum atomic E-state index is -4.56. The van der Waals surface area contributed by atoms with Gasteiger partial charge in [-0.25, -0.2) is 0 Å². The Morgan fingerprint density at radius 3 is 2.48 bits per heavy atom. The smallest absolute Gasteiger partial charge is 0.381 e. The predicted molar refractivity (Wildman–Crippen MR) is 85.9 cm³/mol. The fourth-order valence-corrected chi connectivity index (χ4v) is 2.75. The molecule has 1 fully saturated rings. The van der Waals surface area contributed by atoms with Crippen molar-refractivity contribution in [2.75, 3.05) is 31.6 Å². The van der Waals surface area contributed by atoms with Gasteiger partial charge in [-0.1, -0.05) is 12.1 Å². The van der Waals surface area contributed by atoms with E-state index >= 15 is 0 Å². The maximum Gasteiger partial charge on any atom is 0.418 e. The molecule has 0 atom stereocenters. The Morgan fingerprint density at radius 1 is 1.24 bits per heavy atom. The monoisotopic (exact) mass is 358 g/mol. The number of carbonyl (C=O) groups is 2. The largest absolute Gasteiger partial charge is 0.418 e. The van der Waals surface area contributed by atoms with Gasteiger partial charge in [-0.2, -0.15) is 13.2 Å². The zero-order valence-electron chi connectivity index (χ0n) is 13.9. The molecule has 1 heterocycles. The standard InChI is InChI=1S/C17H21F3N2O3/c1-2-22(16(24)12-7-9-25-10-8-12)11-15(23)21-14-6-4-3-5-13(14)17(18,19)20/h3-6,12H,2,7-11H2,1H3,(H,21,23). The zero-order chi connectivity index (χ0) is 18.4. The summed E-state index contributed by atoms with van der Waals surface area (Å²) in [6, 6.07) is 4.76. The first-order valence-corrected chi connectivity index (χ1v) is 8.15. The molecule has 0 bridgehead atoms. The van der Waals surface area contributed by atoms with Crippen molar-refractivity contribution in [1.29, 1.82) is 0 Å². The number of likely N-dealkylation sites (N-methyl/N-ethyl adjacent to an activating group) is 1. The molecule has 0 saturated carbocycles. The van der Waals surface area contributed by atoms with Crippen molar-refractivity contribution in [2.45, 2.75) is 25.9 Å². The van der Waals surface area contributed by atoms with Gasteiger partial charge in [-0.3, -0.25) is 9.59 Å². The van der Waals surface area contributed by atoms with Gasteiger partial charge in [0.25, 0.3) is 0 Å². The second-order valence-corrected chi connectivity index (χ2v) is 5.83. The molecule has 25 heavy (non-hydrogen) atoms. The first kappa shape index (κ1) is 19.2. The molecule has 0 spiro atoms. The number of hydrogen-bond acceptors (Lipinski definition) is 3. The van der Waals surface area contributed by atoms with Gasteiger partial charge in [0.15, 0.2) is 0 Å². The average Bonchev–Trinajstić information content (AvgIpc) is 2.59. The first-order valence-electron chi connectivity index (χ1n) is 8.15. The summed E-state index contributed by atoms with van der Waals surface area (Å²) in [5.74, 6) is -1.02. The summed E-state index contributed by atoms with van der Waals surface area (Å²) in [6.45, 7) is 2.76. The lowest BCUT2D eigenvalue weighted by Crippen LogP contribution is -2.42. The summed E-state index contributed by atoms with van der Waals surface area (Å²) in [7, 11) is 0. The number of amides is 2. The second-order valence-electron chi connectivity index (χ2n) is 5.83. The molecule has 8 heteroatoms. The third-order valence-corrected chi connectivity index (χ3v) is 4.10. The Hall–Kier alpha value is -2.09. The van der Waals surface area contributed by atoms with Crippen molar-refractivity contribution in [3.05, 3.63) is 29.8 Å². The summed E-state index contributed by atoms with van der Waals surface area (Å²) < 4.78 is 44.1. The number of carbonyl (C=O) groups excluding carboxylic acids is 2. The summed E-state index contributed by atoms with van der Waals surface area (Å²) in [4.78, 5) is 26.0. The lowest BCUT2D eigenvalue weighted by atomic mass is 9.98. The molecule has 1 N–H and O–H groups in total. The molecule has 1 saturated heterocycles. The molecule has 0 unspecified atom stereocenters. The number of hydrogen-bond donors (Lipinski definition) is 1. The number of ether oxygens (including phenoxy) is 1. The highest BCUT2D eigenvalue weighted by molar-refractivity contribution is 5.95. The lowest BCUT2D eigenvalue weighted by Gasteiger charge is -2.28. The number of halogens is 3. The maximum atomic E-state index is 13.0. The van der Waals surface area contributed by atoms with Gasteiger partial charge in [0.1, 0.15) is 0 Å². The highest BCUT2D eigenvalue weighted by Crippen LogP contribution is 2.34. The van der Waals surface area contributed by atoms with E-state index in [0.717, 1.165) is 6.07 Å². The van der Waals surface area contributed by atoms with Crippen molar-refractivity contribution in [3.63, 3.8) is 0 Å². The summed E-state index contributed by atoms with van der Waals surface area (Å²) >= 11 is 0. The van der Waals surface area contributed by atoms with Gasteiger partial charge in [-0.15, -0.1) is 0 Å². The Labute approximate surface area is 144 Å². The number of alkyl halides is 3. The quantitative estimate of drug-likeness (QED) is 0.881. The number of rotatable bonds is 5. The van der Waals surface area contributed by atoms with E-state index in [2.05, 4.69) is 5.32 Å². The molecular formula is C17H21F3N2O3. The van der Waals surface area contributed by atoms with Crippen LogP contribution in [0.3, 0.4) is 0 Å². The summed E-state index contributed by atoms with van der Waals surface area (Å²) in [6.07, 6.45) is -3.38. The van der Waals surface area contributed by atoms with Crippen LogP contribution in [0.15, 0.2) is 24.3 Å². The topological polar surface area (TPSA) is 58.6 Å². The van der Waals surface area contributed by atoms with Crippen LogP contribution in [-0.2, 0) is 20.5 Å². The number of nitrogens with one attached hydrogen (secondary N) is 1. The van der Waals surface area contributed by atoms with Crippen LogP contribution in [0.25, 0.3) is 0 Å². The van der Waals surface area contributed by atoms with E-state index in [1.165, 1.54) is 23.1 Å². The Bertz CT molecular complexity index is 613. The molecule has 1 aliphatic rings. The van der Waals surface area contributed by atoms with E-state index in [4.69, 9.17) is 4.74 Å². The summed E-state index contributed by atoms with van der Waals surface area (Å²) in [5, 5.41) is 2.26. The highest BCUT2D eigenvalue weighted by Gasteiger charge is 2.34. The van der Waals surface area contributed by atoms with Crippen molar-refractivity contribution >= 4 is 17.5 Å². The maximum absolute atomic E-state index is 13.0. The minimum Gasteiger partial charge on any atom is -0.381 e. The first-order chi connectivity index (χ1) is 11.8. The molecule has 0 aromatic heterocycles. The molecule has 5 nitrogen and oxygen atoms in total. The fraction of sp³-hybridized carbons (Fsp3) is 0.529. The van der Waals surface area contributed by atoms with Gasteiger partial charge in [0.05, 0.1) is 17.8 Å². The molecule has 0 radical (unpaired) electrons. The molecule has 1 aromatic carbocycles. The Kier molecular flexibility index (Phi) is 6.41. The number of para-hydroxylation sites is 1. The van der Waals surface area contributed by atoms with E-state index in [1.807, 2.05) is 0 Å². The average molecular weight is 358 g/mol. The number of benzene rings is 1. The van der Waals surface area contributed by atoms with E-state index in [-0.39, 0.29) is 24.1 Å². The Balaban J connectivity index is 2.02. The third-order valence-electron chi connectivity index (χ3n) is 4.10. The van der Waals surface area contributed by atoms with E-state index in [9.17, 15) is 22.8 Å². The molecule has 0 aliphatic carbocycles. The Morgan fingerprint density at radius 2 is 1.88 bits per heavy atom. The van der Waals surface area contributed by atoms with Crippen LogP contribution in [0, 0.1) is 5.92 Å². The molecular weight excluding hydrogens is 337 g/mol. The van der Waals surface area contributed by atoms with Gasteiger partial charge >= 0.3 is 6.18 Å². The third kappa shape index (κ3) is 5.19. The van der Waals surface area contributed by atoms with Crippen molar-refractivity contribution in [1.82, 2.24) is 4.90 Å². The van der Waals surface area contributed by atoms with Crippen LogP contribution >= 0.6 is 0 Å². The van der Waals surface area contributed by atoms with Crippen molar-refractivity contribution in [2.24, 2.45) is 5.92 Å². The van der Waals surface area contributed by atoms with Crippen molar-refractivity contribution < 1.29 is 27.5 Å². The van der Waals surface area contributed by atoms with Crippen LogP contribution in [0.5, 0.6) is 0 Å². The SMILES string of the molecule is CCN(CC(=O)Nc1ccccc1C(F)(F)F)C(=O)C1CCOCC1. The van der Waals surface area contributed by atoms with Gasteiger partial charge in [0.2, 0.25) is 11.8 Å². The van der Waals surface area contributed by atoms with Crippen LogP contribution in [-0.4, -0.2) is 43.0 Å². The lowest BCUT2D eigenvalue weighted by molar-refractivity contribution is -0.141. The number of nitrogens with zero attached hydrogens (tertiary/aromatic N) is 1. The molecule has 2 rings (SSSR count). The van der Waals surface area contributed by atoms with Gasteiger partial charge in [-0.05, 0) is 31.9 Å². The predicted octanol–water partition coefficient (Wildman–Crippen LogP) is 2.92. The summed E-state index contributed by atoms with van der Waals surface area (Å²) in [5.41, 5.74) is -1.23. The van der Waals surface area contributed by atoms with E-state index in [0.29, 0.717) is 32.6 Å². The van der Waals surface area contributed by atoms with Crippen LogP contribution in [0.2, 0.25) is 0 Å². The molecule has 1 aromatic rings.